The van der Waals surface area contributed by atoms with E-state index in [2.05, 4.69) is 5.32 Å². The van der Waals surface area contributed by atoms with Crippen molar-refractivity contribution in [2.45, 2.75) is 13.0 Å². The van der Waals surface area contributed by atoms with Gasteiger partial charge in [0.25, 0.3) is 5.91 Å². The van der Waals surface area contributed by atoms with Crippen LogP contribution in [0.3, 0.4) is 0 Å². The minimum Gasteiger partial charge on any atom is -0.496 e. The lowest BCUT2D eigenvalue weighted by atomic mass is 10.1. The smallest absolute Gasteiger partial charge is 0.314 e. The van der Waals surface area contributed by atoms with E-state index in [9.17, 15) is 19.3 Å². The van der Waals surface area contributed by atoms with Gasteiger partial charge in [-0.2, -0.15) is 0 Å². The molecule has 0 aliphatic carbocycles. The van der Waals surface area contributed by atoms with Crippen molar-refractivity contribution in [2.75, 3.05) is 13.7 Å². The third-order valence-electron chi connectivity index (χ3n) is 3.47. The predicted octanol–water partition coefficient (Wildman–Crippen LogP) is 3.00. The maximum Gasteiger partial charge on any atom is 0.314 e. The molecule has 0 aliphatic heterocycles. The van der Waals surface area contributed by atoms with Crippen molar-refractivity contribution in [2.24, 2.45) is 0 Å². The molecule has 25 heavy (non-hydrogen) atoms. The number of nitro groups is 1. The predicted molar refractivity (Wildman–Crippen MR) is 88.1 cm³/mol. The molecule has 0 fully saturated rings. The first kappa shape index (κ1) is 18.2. The van der Waals surface area contributed by atoms with E-state index >= 15 is 0 Å². The van der Waals surface area contributed by atoms with E-state index in [0.717, 1.165) is 5.56 Å². The number of benzene rings is 2. The molecule has 0 heterocycles. The number of nitrogens with one attached hydrogen (secondary N) is 1. The summed E-state index contributed by atoms with van der Waals surface area (Å²) < 4.78 is 23.1. The standard InChI is InChI=1S/C17H17FN2O5/c1-11(12-3-5-13(18)6-4-12)19-17(21)10-25-16-8-7-14(24-2)9-15(16)20(22)23/h3-9,11H,10H2,1-2H3,(H,19,21)/t11-/m1/s1. The summed E-state index contributed by atoms with van der Waals surface area (Å²) >= 11 is 0. The number of halogens is 1. The molecular formula is C17H17FN2O5. The highest BCUT2D eigenvalue weighted by molar-refractivity contribution is 5.78. The molecule has 0 saturated carbocycles. The zero-order valence-corrected chi connectivity index (χ0v) is 13.7. The minimum absolute atomic E-state index is 0.0321. The zero-order valence-electron chi connectivity index (χ0n) is 13.7. The van der Waals surface area contributed by atoms with Crippen LogP contribution in [-0.2, 0) is 4.79 Å². The maximum atomic E-state index is 12.9. The molecule has 0 radical (unpaired) electrons. The van der Waals surface area contributed by atoms with Crippen molar-refractivity contribution >= 4 is 11.6 Å². The summed E-state index contributed by atoms with van der Waals surface area (Å²) in [7, 11) is 1.39. The van der Waals surface area contributed by atoms with Gasteiger partial charge in [-0.3, -0.25) is 14.9 Å². The molecule has 8 heteroatoms. The average Bonchev–Trinajstić information content (AvgIpc) is 2.60. The molecule has 0 bridgehead atoms. The van der Waals surface area contributed by atoms with E-state index in [1.54, 1.807) is 19.1 Å². The summed E-state index contributed by atoms with van der Waals surface area (Å²) in [5.41, 5.74) is 0.434. The van der Waals surface area contributed by atoms with Gasteiger partial charge in [0.15, 0.2) is 12.4 Å². The first-order valence-corrected chi connectivity index (χ1v) is 7.40. The molecule has 0 saturated heterocycles. The normalized spacial score (nSPS) is 11.5. The SMILES string of the molecule is COc1ccc(OCC(=O)N[C@H](C)c2ccc(F)cc2)c([N+](=O)[O-])c1. The van der Waals surface area contributed by atoms with Crippen molar-refractivity contribution < 1.29 is 23.6 Å². The second-order valence-corrected chi connectivity index (χ2v) is 5.22. The molecule has 0 unspecified atom stereocenters. The second kappa shape index (κ2) is 8.09. The van der Waals surface area contributed by atoms with E-state index in [0.29, 0.717) is 5.75 Å². The molecule has 7 nitrogen and oxygen atoms in total. The fraction of sp³-hybridized carbons (Fsp3) is 0.235. The van der Waals surface area contributed by atoms with Crippen molar-refractivity contribution in [3.63, 3.8) is 0 Å². The molecule has 2 aromatic rings. The molecule has 0 aliphatic rings. The number of hydrogen-bond acceptors (Lipinski definition) is 5. The van der Waals surface area contributed by atoms with Crippen molar-refractivity contribution in [3.8, 4) is 11.5 Å². The Hall–Kier alpha value is -3.16. The highest BCUT2D eigenvalue weighted by Gasteiger charge is 2.18. The second-order valence-electron chi connectivity index (χ2n) is 5.22. The van der Waals surface area contributed by atoms with Crippen LogP contribution < -0.4 is 14.8 Å². The van der Waals surface area contributed by atoms with Gasteiger partial charge >= 0.3 is 5.69 Å². The van der Waals surface area contributed by atoms with E-state index in [-0.39, 0.29) is 23.3 Å². The lowest BCUT2D eigenvalue weighted by Gasteiger charge is -2.15. The number of methoxy groups -OCH3 is 1. The quantitative estimate of drug-likeness (QED) is 0.613. The molecule has 1 N–H and O–H groups in total. The topological polar surface area (TPSA) is 90.7 Å². The number of carbonyl (C=O) groups is 1. The lowest BCUT2D eigenvalue weighted by molar-refractivity contribution is -0.385. The lowest BCUT2D eigenvalue weighted by Crippen LogP contribution is -2.31. The number of amides is 1. The zero-order chi connectivity index (χ0) is 18.4. The Morgan fingerprint density at radius 3 is 2.56 bits per heavy atom. The van der Waals surface area contributed by atoms with Crippen LogP contribution in [0.25, 0.3) is 0 Å². The number of hydrogen-bond donors (Lipinski definition) is 1. The third-order valence-corrected chi connectivity index (χ3v) is 3.47. The molecule has 1 amide bonds. The molecule has 132 valence electrons. The van der Waals surface area contributed by atoms with E-state index in [1.807, 2.05) is 0 Å². The third kappa shape index (κ3) is 4.90. The summed E-state index contributed by atoms with van der Waals surface area (Å²) in [6.45, 7) is 1.35. The van der Waals surface area contributed by atoms with Crippen LogP contribution in [0.1, 0.15) is 18.5 Å². The van der Waals surface area contributed by atoms with Crippen molar-refractivity contribution in [3.05, 3.63) is 64.0 Å². The molecule has 2 rings (SSSR count). The van der Waals surface area contributed by atoms with Crippen LogP contribution in [0.5, 0.6) is 11.5 Å². The molecular weight excluding hydrogens is 331 g/mol. The van der Waals surface area contributed by atoms with Crippen LogP contribution in [0.2, 0.25) is 0 Å². The van der Waals surface area contributed by atoms with Gasteiger partial charge in [0.05, 0.1) is 24.1 Å². The van der Waals surface area contributed by atoms with E-state index in [4.69, 9.17) is 9.47 Å². The maximum absolute atomic E-state index is 12.9. The minimum atomic E-state index is -0.614. The largest absolute Gasteiger partial charge is 0.496 e. The van der Waals surface area contributed by atoms with Gasteiger partial charge < -0.3 is 14.8 Å². The Labute approximate surface area is 143 Å². The summed E-state index contributed by atoms with van der Waals surface area (Å²) in [6, 6.07) is 9.46. The average molecular weight is 348 g/mol. The molecule has 1 atom stereocenters. The Bertz CT molecular complexity index is 764. The van der Waals surface area contributed by atoms with Gasteiger partial charge in [0.2, 0.25) is 0 Å². The van der Waals surface area contributed by atoms with Crippen LogP contribution in [0, 0.1) is 15.9 Å². The number of ether oxygens (including phenoxy) is 2. The summed E-state index contributed by atoms with van der Waals surface area (Å²) in [5.74, 6) is -0.539. The Balaban J connectivity index is 1.97. The van der Waals surface area contributed by atoms with Crippen LogP contribution in [0.15, 0.2) is 42.5 Å². The highest BCUT2D eigenvalue weighted by Crippen LogP contribution is 2.30. The molecule has 2 aromatic carbocycles. The first-order valence-electron chi connectivity index (χ1n) is 7.40. The number of rotatable bonds is 7. The van der Waals surface area contributed by atoms with Gasteiger partial charge in [-0.1, -0.05) is 12.1 Å². The number of nitro benzene ring substituents is 1. The Kier molecular flexibility index (Phi) is 5.89. The number of nitrogens with zero attached hydrogens (tertiary/aromatic N) is 1. The van der Waals surface area contributed by atoms with Crippen LogP contribution in [-0.4, -0.2) is 24.5 Å². The first-order chi connectivity index (χ1) is 11.9. The van der Waals surface area contributed by atoms with Crippen LogP contribution in [0.4, 0.5) is 10.1 Å². The summed E-state index contributed by atoms with van der Waals surface area (Å²) in [6.07, 6.45) is 0. The Morgan fingerprint density at radius 2 is 1.96 bits per heavy atom. The summed E-state index contributed by atoms with van der Waals surface area (Å²) in [5, 5.41) is 13.7. The van der Waals surface area contributed by atoms with Gasteiger partial charge in [0.1, 0.15) is 11.6 Å². The van der Waals surface area contributed by atoms with Crippen molar-refractivity contribution in [1.29, 1.82) is 0 Å². The van der Waals surface area contributed by atoms with Gasteiger partial charge in [-0.25, -0.2) is 4.39 Å². The van der Waals surface area contributed by atoms with E-state index in [1.165, 1.54) is 37.4 Å². The fourth-order valence-corrected chi connectivity index (χ4v) is 2.15. The van der Waals surface area contributed by atoms with Crippen molar-refractivity contribution in [1.82, 2.24) is 5.32 Å². The van der Waals surface area contributed by atoms with Gasteiger partial charge in [-0.05, 0) is 36.8 Å². The Morgan fingerprint density at radius 1 is 1.28 bits per heavy atom. The van der Waals surface area contributed by atoms with Gasteiger partial charge in [-0.15, -0.1) is 0 Å². The fourth-order valence-electron chi connectivity index (χ4n) is 2.15. The van der Waals surface area contributed by atoms with E-state index < -0.39 is 17.4 Å². The number of carbonyl (C=O) groups excluding carboxylic acids is 1. The van der Waals surface area contributed by atoms with Gasteiger partial charge in [0, 0.05) is 0 Å². The summed E-state index contributed by atoms with van der Waals surface area (Å²) in [4.78, 5) is 22.4. The highest BCUT2D eigenvalue weighted by atomic mass is 19.1. The molecule has 0 spiro atoms. The molecule has 0 aromatic heterocycles. The monoisotopic (exact) mass is 348 g/mol. The van der Waals surface area contributed by atoms with Crippen LogP contribution >= 0.6 is 0 Å².